The van der Waals surface area contributed by atoms with Crippen LogP contribution in [0.15, 0.2) is 0 Å². The number of carbonyl (C=O) groups excluding carboxylic acids is 1. The largest absolute Gasteiger partial charge is 0.353 e. The lowest BCUT2D eigenvalue weighted by atomic mass is 9.95. The van der Waals surface area contributed by atoms with E-state index in [1.165, 1.54) is 57.8 Å². The molecule has 0 spiro atoms. The summed E-state index contributed by atoms with van der Waals surface area (Å²) in [5, 5.41) is 6.72. The minimum Gasteiger partial charge on any atom is -0.353 e. The molecule has 2 unspecified atom stereocenters. The Morgan fingerprint density at radius 2 is 1.85 bits per heavy atom. The third kappa shape index (κ3) is 6.25. The van der Waals surface area contributed by atoms with Crippen molar-refractivity contribution in [3.05, 3.63) is 0 Å². The molecule has 0 heterocycles. The van der Waals surface area contributed by atoms with Crippen molar-refractivity contribution in [2.45, 2.75) is 89.6 Å². The topological polar surface area (TPSA) is 41.1 Å². The van der Waals surface area contributed by atoms with E-state index in [9.17, 15) is 4.79 Å². The summed E-state index contributed by atoms with van der Waals surface area (Å²) >= 11 is 0. The molecule has 0 radical (unpaired) electrons. The van der Waals surface area contributed by atoms with E-state index in [4.69, 9.17) is 0 Å². The van der Waals surface area contributed by atoms with E-state index >= 15 is 0 Å². The third-order valence-corrected chi connectivity index (χ3v) is 4.74. The molecule has 2 aliphatic rings. The Labute approximate surface area is 124 Å². The quantitative estimate of drug-likeness (QED) is 0.528. The van der Waals surface area contributed by atoms with E-state index in [1.807, 2.05) is 0 Å². The lowest BCUT2D eigenvalue weighted by Gasteiger charge is -2.16. The summed E-state index contributed by atoms with van der Waals surface area (Å²) in [6, 6.07) is 1.20. The first kappa shape index (κ1) is 15.8. The molecule has 2 rings (SSSR count). The van der Waals surface area contributed by atoms with Crippen LogP contribution in [0.4, 0.5) is 0 Å². The summed E-state index contributed by atoms with van der Waals surface area (Å²) in [5.41, 5.74) is 0. The van der Waals surface area contributed by atoms with Crippen LogP contribution in [0.25, 0.3) is 0 Å². The first-order valence-corrected chi connectivity index (χ1v) is 8.80. The van der Waals surface area contributed by atoms with Gasteiger partial charge in [-0.15, -0.1) is 0 Å². The summed E-state index contributed by atoms with van der Waals surface area (Å²) < 4.78 is 0. The molecule has 2 saturated carbocycles. The van der Waals surface area contributed by atoms with Gasteiger partial charge in [0.25, 0.3) is 0 Å². The third-order valence-electron chi connectivity index (χ3n) is 4.74. The van der Waals surface area contributed by atoms with Gasteiger partial charge in [0.1, 0.15) is 0 Å². The minimum absolute atomic E-state index is 0.248. The SMILES string of the molecule is CCCC1CCCC(NCCCC(=O)NC2CC2)CC1. The Bertz CT molecular complexity index is 289. The number of nitrogens with one attached hydrogen (secondary N) is 2. The zero-order valence-corrected chi connectivity index (χ0v) is 13.1. The fraction of sp³-hybridized carbons (Fsp3) is 0.941. The molecule has 0 aliphatic heterocycles. The fourth-order valence-corrected chi connectivity index (χ4v) is 3.36. The molecule has 3 nitrogen and oxygen atoms in total. The van der Waals surface area contributed by atoms with Gasteiger partial charge >= 0.3 is 0 Å². The van der Waals surface area contributed by atoms with Crippen LogP contribution in [0.5, 0.6) is 0 Å². The number of amides is 1. The Balaban J connectivity index is 1.51. The monoisotopic (exact) mass is 280 g/mol. The van der Waals surface area contributed by atoms with Crippen LogP contribution in [-0.2, 0) is 4.79 Å². The maximum absolute atomic E-state index is 11.6. The van der Waals surface area contributed by atoms with Gasteiger partial charge in [-0.05, 0) is 51.0 Å². The van der Waals surface area contributed by atoms with E-state index in [1.54, 1.807) is 0 Å². The molecule has 0 bridgehead atoms. The summed E-state index contributed by atoms with van der Waals surface area (Å²) in [4.78, 5) is 11.6. The van der Waals surface area contributed by atoms with Gasteiger partial charge in [-0.2, -0.15) is 0 Å². The first-order valence-electron chi connectivity index (χ1n) is 8.80. The number of hydrogen-bond donors (Lipinski definition) is 2. The van der Waals surface area contributed by atoms with Crippen molar-refractivity contribution in [3.8, 4) is 0 Å². The van der Waals surface area contributed by atoms with Crippen molar-refractivity contribution in [3.63, 3.8) is 0 Å². The van der Waals surface area contributed by atoms with Crippen molar-refractivity contribution in [2.24, 2.45) is 5.92 Å². The predicted octanol–water partition coefficient (Wildman–Crippen LogP) is 3.38. The molecule has 2 N–H and O–H groups in total. The number of carbonyl (C=O) groups is 1. The van der Waals surface area contributed by atoms with Crippen LogP contribution in [0, 0.1) is 5.92 Å². The van der Waals surface area contributed by atoms with Crippen LogP contribution in [0.1, 0.15) is 77.6 Å². The van der Waals surface area contributed by atoms with Crippen LogP contribution in [0.2, 0.25) is 0 Å². The summed E-state index contributed by atoms with van der Waals surface area (Å²) in [5.74, 6) is 1.22. The van der Waals surface area contributed by atoms with Gasteiger partial charge in [0.2, 0.25) is 5.91 Å². The van der Waals surface area contributed by atoms with Crippen molar-refractivity contribution in [1.29, 1.82) is 0 Å². The predicted molar refractivity (Wildman–Crippen MR) is 83.7 cm³/mol. The van der Waals surface area contributed by atoms with Crippen molar-refractivity contribution in [2.75, 3.05) is 6.54 Å². The molecule has 0 aromatic heterocycles. The van der Waals surface area contributed by atoms with Crippen molar-refractivity contribution >= 4 is 5.91 Å². The molecule has 0 aromatic rings. The molecule has 2 aliphatic carbocycles. The van der Waals surface area contributed by atoms with Crippen LogP contribution >= 0.6 is 0 Å². The smallest absolute Gasteiger partial charge is 0.220 e. The normalized spacial score (nSPS) is 27.1. The molecule has 0 aromatic carbocycles. The average molecular weight is 280 g/mol. The van der Waals surface area contributed by atoms with Gasteiger partial charge in [0, 0.05) is 18.5 Å². The van der Waals surface area contributed by atoms with Gasteiger partial charge in [-0.1, -0.05) is 32.6 Å². The first-order chi connectivity index (χ1) is 9.78. The zero-order valence-electron chi connectivity index (χ0n) is 13.1. The summed E-state index contributed by atoms with van der Waals surface area (Å²) in [7, 11) is 0. The highest BCUT2D eigenvalue weighted by Crippen LogP contribution is 2.26. The lowest BCUT2D eigenvalue weighted by Crippen LogP contribution is -2.31. The van der Waals surface area contributed by atoms with Gasteiger partial charge in [-0.25, -0.2) is 0 Å². The standard InChI is InChI=1S/C17H32N2O/c1-2-5-14-6-3-7-15(10-9-14)18-13-4-8-17(20)19-16-11-12-16/h14-16,18H,2-13H2,1H3,(H,19,20). The highest BCUT2D eigenvalue weighted by atomic mass is 16.1. The highest BCUT2D eigenvalue weighted by molar-refractivity contribution is 5.76. The van der Waals surface area contributed by atoms with Gasteiger partial charge in [0.05, 0.1) is 0 Å². The molecule has 2 atom stereocenters. The maximum atomic E-state index is 11.6. The van der Waals surface area contributed by atoms with Crippen LogP contribution < -0.4 is 10.6 Å². The molecule has 116 valence electrons. The van der Waals surface area contributed by atoms with E-state index in [2.05, 4.69) is 17.6 Å². The maximum Gasteiger partial charge on any atom is 0.220 e. The second kappa shape index (κ2) is 8.66. The molecule has 1 amide bonds. The van der Waals surface area contributed by atoms with E-state index in [0.717, 1.165) is 18.9 Å². The molecular weight excluding hydrogens is 248 g/mol. The average Bonchev–Trinajstić information content (AvgIpc) is 3.24. The second-order valence-electron chi connectivity index (χ2n) is 6.76. The van der Waals surface area contributed by atoms with E-state index in [-0.39, 0.29) is 5.91 Å². The van der Waals surface area contributed by atoms with Gasteiger partial charge < -0.3 is 10.6 Å². The number of rotatable bonds is 8. The fourth-order valence-electron chi connectivity index (χ4n) is 3.36. The van der Waals surface area contributed by atoms with E-state index < -0.39 is 0 Å². The van der Waals surface area contributed by atoms with Gasteiger partial charge in [-0.3, -0.25) is 4.79 Å². The Morgan fingerprint density at radius 3 is 2.60 bits per heavy atom. The summed E-state index contributed by atoms with van der Waals surface area (Å²) in [6.07, 6.45) is 13.6. The second-order valence-corrected chi connectivity index (χ2v) is 6.76. The van der Waals surface area contributed by atoms with Crippen LogP contribution in [0.3, 0.4) is 0 Å². The van der Waals surface area contributed by atoms with Crippen LogP contribution in [-0.4, -0.2) is 24.5 Å². The highest BCUT2D eigenvalue weighted by Gasteiger charge is 2.23. The van der Waals surface area contributed by atoms with Gasteiger partial charge in [0.15, 0.2) is 0 Å². The molecule has 20 heavy (non-hydrogen) atoms. The number of hydrogen-bond acceptors (Lipinski definition) is 2. The Morgan fingerprint density at radius 1 is 1.05 bits per heavy atom. The van der Waals surface area contributed by atoms with Crippen molar-refractivity contribution < 1.29 is 4.79 Å². The van der Waals surface area contributed by atoms with Crippen molar-refractivity contribution in [1.82, 2.24) is 10.6 Å². The zero-order chi connectivity index (χ0) is 14.2. The minimum atomic E-state index is 0.248. The molecule has 3 heteroatoms. The Hall–Kier alpha value is -0.570. The lowest BCUT2D eigenvalue weighted by molar-refractivity contribution is -0.121. The molecule has 0 saturated heterocycles. The Kier molecular flexibility index (Phi) is 6.85. The summed E-state index contributed by atoms with van der Waals surface area (Å²) in [6.45, 7) is 3.30. The molecule has 2 fully saturated rings. The molecular formula is C17H32N2O. The van der Waals surface area contributed by atoms with E-state index in [0.29, 0.717) is 18.5 Å².